The number of carbonyl (C=O) groups is 1. The standard InChI is InChI=1S/C11H17NO2/c1-3-6-12(8-11(13)14)10-5-4-9(2)7-10/h1,9-10H,4-8H2,2H3,(H,13,14). The Balaban J connectivity index is 2.50. The van der Waals surface area contributed by atoms with Crippen LogP contribution in [0.2, 0.25) is 0 Å². The van der Waals surface area contributed by atoms with Gasteiger partial charge in [-0.2, -0.15) is 0 Å². The molecule has 0 spiro atoms. The van der Waals surface area contributed by atoms with E-state index in [4.69, 9.17) is 11.5 Å². The van der Waals surface area contributed by atoms with Crippen LogP contribution < -0.4 is 0 Å². The lowest BCUT2D eigenvalue weighted by Crippen LogP contribution is -2.38. The third-order valence-corrected chi connectivity index (χ3v) is 2.82. The lowest BCUT2D eigenvalue weighted by molar-refractivity contribution is -0.138. The van der Waals surface area contributed by atoms with Crippen LogP contribution in [-0.4, -0.2) is 35.1 Å². The van der Waals surface area contributed by atoms with E-state index >= 15 is 0 Å². The minimum atomic E-state index is -0.792. The fourth-order valence-electron chi connectivity index (χ4n) is 2.11. The predicted molar refractivity (Wildman–Crippen MR) is 54.8 cm³/mol. The molecule has 0 amide bonds. The summed E-state index contributed by atoms with van der Waals surface area (Å²) in [6.45, 7) is 2.72. The molecule has 2 atom stereocenters. The smallest absolute Gasteiger partial charge is 0.317 e. The first kappa shape index (κ1) is 11.1. The number of hydrogen-bond acceptors (Lipinski definition) is 2. The van der Waals surface area contributed by atoms with E-state index in [1.807, 2.05) is 4.90 Å². The maximum absolute atomic E-state index is 10.6. The van der Waals surface area contributed by atoms with E-state index in [0.717, 1.165) is 12.8 Å². The first-order valence-corrected chi connectivity index (χ1v) is 5.02. The lowest BCUT2D eigenvalue weighted by atomic mass is 10.1. The molecule has 0 heterocycles. The van der Waals surface area contributed by atoms with Gasteiger partial charge >= 0.3 is 5.97 Å². The van der Waals surface area contributed by atoms with Gasteiger partial charge in [0.2, 0.25) is 0 Å². The highest BCUT2D eigenvalue weighted by Gasteiger charge is 2.27. The SMILES string of the molecule is C#CCN(CC(=O)O)C1CCC(C)C1. The molecule has 1 aliphatic rings. The maximum atomic E-state index is 10.6. The van der Waals surface area contributed by atoms with Crippen molar-refractivity contribution in [1.82, 2.24) is 4.90 Å². The van der Waals surface area contributed by atoms with E-state index in [0.29, 0.717) is 18.5 Å². The van der Waals surface area contributed by atoms with Crippen LogP contribution in [0.1, 0.15) is 26.2 Å². The molecule has 2 unspecified atom stereocenters. The highest BCUT2D eigenvalue weighted by atomic mass is 16.4. The van der Waals surface area contributed by atoms with Crippen molar-refractivity contribution in [2.75, 3.05) is 13.1 Å². The molecule has 1 rings (SSSR count). The summed E-state index contributed by atoms with van der Waals surface area (Å²) < 4.78 is 0. The van der Waals surface area contributed by atoms with E-state index in [9.17, 15) is 4.79 Å². The Morgan fingerprint density at radius 3 is 2.79 bits per heavy atom. The molecular formula is C11H17NO2. The normalized spacial score (nSPS) is 26.4. The Morgan fingerprint density at radius 2 is 2.36 bits per heavy atom. The summed E-state index contributed by atoms with van der Waals surface area (Å²) in [5.74, 6) is 2.44. The van der Waals surface area contributed by atoms with Crippen LogP contribution in [0.4, 0.5) is 0 Å². The average Bonchev–Trinajstić information content (AvgIpc) is 2.50. The molecule has 3 heteroatoms. The van der Waals surface area contributed by atoms with E-state index in [1.165, 1.54) is 6.42 Å². The quantitative estimate of drug-likeness (QED) is 0.685. The lowest BCUT2D eigenvalue weighted by Gasteiger charge is -2.24. The monoisotopic (exact) mass is 195 g/mol. The molecule has 1 saturated carbocycles. The Bertz CT molecular complexity index is 244. The van der Waals surface area contributed by atoms with Crippen LogP contribution in [-0.2, 0) is 4.79 Å². The second-order valence-corrected chi connectivity index (χ2v) is 4.07. The topological polar surface area (TPSA) is 40.5 Å². The zero-order chi connectivity index (χ0) is 10.6. The molecule has 78 valence electrons. The molecule has 0 aromatic rings. The van der Waals surface area contributed by atoms with Crippen LogP contribution in [0.15, 0.2) is 0 Å². The van der Waals surface area contributed by atoms with Crippen LogP contribution in [0.25, 0.3) is 0 Å². The van der Waals surface area contributed by atoms with Crippen molar-refractivity contribution >= 4 is 5.97 Å². The molecule has 1 N–H and O–H groups in total. The van der Waals surface area contributed by atoms with Crippen LogP contribution in [0.3, 0.4) is 0 Å². The summed E-state index contributed by atoms with van der Waals surface area (Å²) in [7, 11) is 0. The molecule has 0 radical (unpaired) electrons. The third-order valence-electron chi connectivity index (χ3n) is 2.82. The predicted octanol–water partition coefficient (Wildman–Crippen LogP) is 1.19. The second kappa shape index (κ2) is 5.02. The summed E-state index contributed by atoms with van der Waals surface area (Å²) in [5, 5.41) is 8.73. The van der Waals surface area contributed by atoms with Gasteiger partial charge in [-0.3, -0.25) is 9.69 Å². The van der Waals surface area contributed by atoms with Gasteiger partial charge in [0.15, 0.2) is 0 Å². The van der Waals surface area contributed by atoms with Crippen molar-refractivity contribution in [2.45, 2.75) is 32.2 Å². The summed E-state index contributed by atoms with van der Waals surface area (Å²) in [6.07, 6.45) is 8.57. The fourth-order valence-corrected chi connectivity index (χ4v) is 2.11. The Labute approximate surface area is 85.1 Å². The van der Waals surface area contributed by atoms with Crippen molar-refractivity contribution in [2.24, 2.45) is 5.92 Å². The molecule has 0 aromatic carbocycles. The summed E-state index contributed by atoms with van der Waals surface area (Å²) >= 11 is 0. The fraction of sp³-hybridized carbons (Fsp3) is 0.727. The Kier molecular flexibility index (Phi) is 3.97. The van der Waals surface area contributed by atoms with Gasteiger partial charge in [0.05, 0.1) is 13.1 Å². The van der Waals surface area contributed by atoms with Gasteiger partial charge in [-0.25, -0.2) is 0 Å². The zero-order valence-electron chi connectivity index (χ0n) is 8.57. The first-order valence-electron chi connectivity index (χ1n) is 5.02. The molecule has 14 heavy (non-hydrogen) atoms. The molecule has 0 aromatic heterocycles. The van der Waals surface area contributed by atoms with E-state index in [-0.39, 0.29) is 6.54 Å². The van der Waals surface area contributed by atoms with Gasteiger partial charge in [-0.1, -0.05) is 12.8 Å². The number of carboxylic acids is 1. The van der Waals surface area contributed by atoms with Crippen LogP contribution in [0.5, 0.6) is 0 Å². The highest BCUT2D eigenvalue weighted by molar-refractivity contribution is 5.69. The largest absolute Gasteiger partial charge is 0.480 e. The van der Waals surface area contributed by atoms with Gasteiger partial charge in [0.25, 0.3) is 0 Å². The molecule has 1 fully saturated rings. The number of hydrogen-bond donors (Lipinski definition) is 1. The first-order chi connectivity index (χ1) is 6.63. The summed E-state index contributed by atoms with van der Waals surface area (Å²) in [4.78, 5) is 12.5. The number of carboxylic acid groups (broad SMARTS) is 1. The van der Waals surface area contributed by atoms with Crippen molar-refractivity contribution in [1.29, 1.82) is 0 Å². The molecule has 0 bridgehead atoms. The Hall–Kier alpha value is -1.01. The van der Waals surface area contributed by atoms with E-state index in [1.54, 1.807) is 0 Å². The molecular weight excluding hydrogens is 178 g/mol. The van der Waals surface area contributed by atoms with Crippen molar-refractivity contribution in [3.05, 3.63) is 0 Å². The van der Waals surface area contributed by atoms with E-state index < -0.39 is 5.97 Å². The molecule has 0 saturated heterocycles. The third kappa shape index (κ3) is 3.04. The highest BCUT2D eigenvalue weighted by Crippen LogP contribution is 2.28. The van der Waals surface area contributed by atoms with Gasteiger partial charge in [0.1, 0.15) is 0 Å². The average molecular weight is 195 g/mol. The molecule has 0 aliphatic heterocycles. The molecule has 1 aliphatic carbocycles. The summed E-state index contributed by atoms with van der Waals surface area (Å²) in [5.41, 5.74) is 0. The number of nitrogens with zero attached hydrogens (tertiary/aromatic N) is 1. The molecule has 3 nitrogen and oxygen atoms in total. The van der Waals surface area contributed by atoms with Crippen molar-refractivity contribution in [3.8, 4) is 12.3 Å². The van der Waals surface area contributed by atoms with Gasteiger partial charge in [-0.15, -0.1) is 6.42 Å². The van der Waals surface area contributed by atoms with E-state index in [2.05, 4.69) is 12.8 Å². The number of terminal acetylenes is 1. The van der Waals surface area contributed by atoms with Gasteiger partial charge in [0, 0.05) is 6.04 Å². The number of rotatable bonds is 4. The zero-order valence-corrected chi connectivity index (χ0v) is 8.57. The Morgan fingerprint density at radius 1 is 1.64 bits per heavy atom. The minimum absolute atomic E-state index is 0.0710. The second-order valence-electron chi connectivity index (χ2n) is 4.07. The van der Waals surface area contributed by atoms with Crippen LogP contribution in [0, 0.1) is 18.3 Å². The van der Waals surface area contributed by atoms with Crippen molar-refractivity contribution in [3.63, 3.8) is 0 Å². The minimum Gasteiger partial charge on any atom is -0.480 e. The van der Waals surface area contributed by atoms with Gasteiger partial charge in [-0.05, 0) is 25.2 Å². The van der Waals surface area contributed by atoms with Crippen LogP contribution >= 0.6 is 0 Å². The van der Waals surface area contributed by atoms with Gasteiger partial charge < -0.3 is 5.11 Å². The summed E-state index contributed by atoms with van der Waals surface area (Å²) in [6, 6.07) is 0.372. The maximum Gasteiger partial charge on any atom is 0.317 e. The van der Waals surface area contributed by atoms with Crippen molar-refractivity contribution < 1.29 is 9.90 Å². The number of aliphatic carboxylic acids is 1.